The van der Waals surface area contributed by atoms with Gasteiger partial charge in [-0.25, -0.2) is 0 Å². The first-order valence-corrected chi connectivity index (χ1v) is 7.92. The zero-order valence-electron chi connectivity index (χ0n) is 13.0. The quantitative estimate of drug-likeness (QED) is 0.756. The number of methoxy groups -OCH3 is 1. The van der Waals surface area contributed by atoms with E-state index in [2.05, 4.69) is 20.8 Å². The number of nitrogens with zero attached hydrogens (tertiary/aromatic N) is 2. The Bertz CT molecular complexity index is 670. The molecule has 1 aromatic carbocycles. The zero-order chi connectivity index (χ0) is 16.7. The minimum absolute atomic E-state index is 0.139. The van der Waals surface area contributed by atoms with E-state index in [1.807, 2.05) is 6.92 Å². The lowest BCUT2D eigenvalue weighted by molar-refractivity contribution is -0.116. The van der Waals surface area contributed by atoms with Crippen LogP contribution in [-0.4, -0.2) is 35.7 Å². The summed E-state index contributed by atoms with van der Waals surface area (Å²) in [4.78, 5) is 23.6. The first-order chi connectivity index (χ1) is 11.1. The topological polar surface area (TPSA) is 93.2 Å². The van der Waals surface area contributed by atoms with Gasteiger partial charge in [0.2, 0.25) is 11.0 Å². The predicted octanol–water partition coefficient (Wildman–Crippen LogP) is 2.00. The average molecular weight is 334 g/mol. The number of hydrogen-bond acceptors (Lipinski definition) is 6. The van der Waals surface area contributed by atoms with Gasteiger partial charge >= 0.3 is 0 Å². The van der Waals surface area contributed by atoms with E-state index in [1.165, 1.54) is 11.3 Å². The van der Waals surface area contributed by atoms with E-state index in [0.29, 0.717) is 35.8 Å². The average Bonchev–Trinajstić information content (AvgIpc) is 2.96. The maximum atomic E-state index is 11.9. The molecule has 1 heterocycles. The highest BCUT2D eigenvalue weighted by atomic mass is 32.1. The van der Waals surface area contributed by atoms with Crippen molar-refractivity contribution in [3.63, 3.8) is 0 Å². The van der Waals surface area contributed by atoms with Crippen molar-refractivity contribution in [1.29, 1.82) is 0 Å². The summed E-state index contributed by atoms with van der Waals surface area (Å²) in [6, 6.07) is 6.84. The van der Waals surface area contributed by atoms with Gasteiger partial charge in [-0.2, -0.15) is 0 Å². The van der Waals surface area contributed by atoms with Crippen molar-refractivity contribution in [2.45, 2.75) is 19.8 Å². The van der Waals surface area contributed by atoms with Crippen molar-refractivity contribution in [1.82, 2.24) is 15.5 Å². The molecule has 2 N–H and O–H groups in total. The van der Waals surface area contributed by atoms with E-state index in [0.717, 1.165) is 5.01 Å². The fourth-order valence-corrected chi connectivity index (χ4v) is 2.43. The van der Waals surface area contributed by atoms with Crippen molar-refractivity contribution in [2.24, 2.45) is 0 Å². The molecule has 0 atom stereocenters. The third-order valence-corrected chi connectivity index (χ3v) is 3.74. The highest BCUT2D eigenvalue weighted by molar-refractivity contribution is 7.15. The number of amides is 2. The second-order valence-corrected chi connectivity index (χ2v) is 5.94. The maximum absolute atomic E-state index is 11.9. The summed E-state index contributed by atoms with van der Waals surface area (Å²) in [7, 11) is 1.57. The molecule has 2 rings (SSSR count). The second-order valence-electron chi connectivity index (χ2n) is 4.76. The third kappa shape index (κ3) is 5.33. The predicted molar refractivity (Wildman–Crippen MR) is 87.8 cm³/mol. The Hall–Kier alpha value is -2.48. The number of hydrogen-bond donors (Lipinski definition) is 2. The van der Waals surface area contributed by atoms with Gasteiger partial charge in [0.05, 0.1) is 7.11 Å². The Labute approximate surface area is 138 Å². The molecule has 0 fully saturated rings. The monoisotopic (exact) mass is 334 g/mol. The van der Waals surface area contributed by atoms with Crippen molar-refractivity contribution >= 4 is 28.3 Å². The van der Waals surface area contributed by atoms with Crippen LogP contribution in [0.25, 0.3) is 0 Å². The molecule has 1 aromatic heterocycles. The van der Waals surface area contributed by atoms with Gasteiger partial charge in [0.25, 0.3) is 5.91 Å². The fraction of sp³-hybridized carbons (Fsp3) is 0.333. The van der Waals surface area contributed by atoms with Crippen LogP contribution in [0.5, 0.6) is 5.75 Å². The molecule has 2 amide bonds. The lowest BCUT2D eigenvalue weighted by Crippen LogP contribution is -2.25. The van der Waals surface area contributed by atoms with E-state index < -0.39 is 0 Å². The van der Waals surface area contributed by atoms with Crippen LogP contribution < -0.4 is 15.4 Å². The number of aromatic nitrogens is 2. The summed E-state index contributed by atoms with van der Waals surface area (Å²) in [5.74, 6) is 0.387. The van der Waals surface area contributed by atoms with Crippen molar-refractivity contribution in [3.05, 3.63) is 34.8 Å². The first-order valence-electron chi connectivity index (χ1n) is 7.10. The molecule has 0 aliphatic heterocycles. The maximum Gasteiger partial charge on any atom is 0.251 e. The number of anilines is 1. The number of aryl methyl sites for hydroxylation is 1. The van der Waals surface area contributed by atoms with E-state index in [-0.39, 0.29) is 11.8 Å². The number of ether oxygens (including phenoxy) is 1. The van der Waals surface area contributed by atoms with E-state index in [1.54, 1.807) is 31.4 Å². The fourth-order valence-electron chi connectivity index (χ4n) is 1.82. The van der Waals surface area contributed by atoms with Crippen LogP contribution in [0.4, 0.5) is 5.13 Å². The molecule has 0 bridgehead atoms. The lowest BCUT2D eigenvalue weighted by Gasteiger charge is -2.06. The van der Waals surface area contributed by atoms with Crippen LogP contribution in [0.2, 0.25) is 0 Å². The van der Waals surface area contributed by atoms with Crippen molar-refractivity contribution < 1.29 is 14.3 Å². The van der Waals surface area contributed by atoms with Crippen LogP contribution in [0.3, 0.4) is 0 Å². The molecule has 8 heteroatoms. The van der Waals surface area contributed by atoms with Crippen LogP contribution >= 0.6 is 11.3 Å². The minimum Gasteiger partial charge on any atom is -0.497 e. The first kappa shape index (κ1) is 16.9. The molecular formula is C15H18N4O3S. The third-order valence-electron chi connectivity index (χ3n) is 2.99. The van der Waals surface area contributed by atoms with Crippen LogP contribution in [0.15, 0.2) is 24.3 Å². The van der Waals surface area contributed by atoms with Gasteiger partial charge in [-0.1, -0.05) is 11.3 Å². The highest BCUT2D eigenvalue weighted by Crippen LogP contribution is 2.14. The smallest absolute Gasteiger partial charge is 0.251 e. The molecule has 23 heavy (non-hydrogen) atoms. The standard InChI is InChI=1S/C15H18N4O3S/c1-10-18-19-15(23-10)17-13(20)4-3-9-16-14(21)11-5-7-12(22-2)8-6-11/h5-8H,3-4,9H2,1-2H3,(H,16,21)(H,17,19,20). The Morgan fingerprint density at radius 1 is 1.22 bits per heavy atom. The van der Waals surface area contributed by atoms with Crippen LogP contribution in [0.1, 0.15) is 28.2 Å². The van der Waals surface area contributed by atoms with E-state index in [4.69, 9.17) is 4.74 Å². The summed E-state index contributed by atoms with van der Waals surface area (Å²) in [5.41, 5.74) is 0.555. The van der Waals surface area contributed by atoms with E-state index >= 15 is 0 Å². The molecule has 0 saturated carbocycles. The zero-order valence-corrected chi connectivity index (χ0v) is 13.8. The minimum atomic E-state index is -0.173. The summed E-state index contributed by atoms with van der Waals surface area (Å²) in [6.45, 7) is 2.25. The summed E-state index contributed by atoms with van der Waals surface area (Å²) < 4.78 is 5.04. The molecule has 2 aromatic rings. The molecule has 7 nitrogen and oxygen atoms in total. The molecule has 122 valence electrons. The summed E-state index contributed by atoms with van der Waals surface area (Å²) in [6.07, 6.45) is 0.854. The molecular weight excluding hydrogens is 316 g/mol. The Balaban J connectivity index is 1.67. The van der Waals surface area contributed by atoms with Gasteiger partial charge in [0, 0.05) is 18.5 Å². The SMILES string of the molecule is COc1ccc(C(=O)NCCCC(=O)Nc2nnc(C)s2)cc1. The largest absolute Gasteiger partial charge is 0.497 e. The normalized spacial score (nSPS) is 10.2. The molecule has 0 spiro atoms. The van der Waals surface area contributed by atoms with E-state index in [9.17, 15) is 9.59 Å². The Morgan fingerprint density at radius 2 is 1.96 bits per heavy atom. The number of carbonyl (C=O) groups is 2. The van der Waals surface area contributed by atoms with Gasteiger partial charge in [0.15, 0.2) is 0 Å². The summed E-state index contributed by atoms with van der Waals surface area (Å²) >= 11 is 1.33. The molecule has 0 unspecified atom stereocenters. The lowest BCUT2D eigenvalue weighted by atomic mass is 10.2. The van der Waals surface area contributed by atoms with Crippen LogP contribution in [-0.2, 0) is 4.79 Å². The number of carbonyl (C=O) groups excluding carboxylic acids is 2. The van der Waals surface area contributed by atoms with Crippen molar-refractivity contribution in [2.75, 3.05) is 19.0 Å². The molecule has 0 aliphatic rings. The summed E-state index contributed by atoms with van der Waals surface area (Å²) in [5, 5.41) is 14.4. The van der Waals surface area contributed by atoms with Crippen LogP contribution in [0, 0.1) is 6.92 Å². The number of benzene rings is 1. The van der Waals surface area contributed by atoms with Gasteiger partial charge in [-0.3, -0.25) is 9.59 Å². The van der Waals surface area contributed by atoms with Gasteiger partial charge in [-0.05, 0) is 37.6 Å². The van der Waals surface area contributed by atoms with Crippen molar-refractivity contribution in [3.8, 4) is 5.75 Å². The molecule has 0 radical (unpaired) electrons. The molecule has 0 saturated heterocycles. The Kier molecular flexibility index (Phi) is 6.04. The number of nitrogens with one attached hydrogen (secondary N) is 2. The van der Waals surface area contributed by atoms with Gasteiger partial charge in [0.1, 0.15) is 10.8 Å². The molecule has 0 aliphatic carbocycles. The Morgan fingerprint density at radius 3 is 2.57 bits per heavy atom. The number of rotatable bonds is 7. The van der Waals surface area contributed by atoms with Gasteiger partial charge in [-0.15, -0.1) is 10.2 Å². The second kappa shape index (κ2) is 8.23. The highest BCUT2D eigenvalue weighted by Gasteiger charge is 2.08. The van der Waals surface area contributed by atoms with Gasteiger partial charge < -0.3 is 15.4 Å².